The van der Waals surface area contributed by atoms with Gasteiger partial charge in [0.05, 0.1) is 6.61 Å². The summed E-state index contributed by atoms with van der Waals surface area (Å²) < 4.78 is 33.3. The Hall–Kier alpha value is -2.71. The van der Waals surface area contributed by atoms with Gasteiger partial charge in [-0.1, -0.05) is 183 Å². The van der Waals surface area contributed by atoms with Crippen molar-refractivity contribution in [2.24, 2.45) is 0 Å². The van der Waals surface area contributed by atoms with E-state index in [1.54, 1.807) is 6.08 Å². The maximum atomic E-state index is 12.8. The van der Waals surface area contributed by atoms with Gasteiger partial charge in [0.1, 0.15) is 43.2 Å². The zero-order chi connectivity index (χ0) is 47.8. The number of phosphoric ester groups is 1. The summed E-state index contributed by atoms with van der Waals surface area (Å²) in [6.45, 7) is 3.15. The summed E-state index contributed by atoms with van der Waals surface area (Å²) in [6.07, 6.45) is 38.8. The van der Waals surface area contributed by atoms with Gasteiger partial charge in [-0.2, -0.15) is 0 Å². The van der Waals surface area contributed by atoms with Crippen LogP contribution >= 0.6 is 7.82 Å². The normalized spacial score (nSPS) is 22.0. The van der Waals surface area contributed by atoms with Gasteiger partial charge in [-0.05, 0) is 57.8 Å². The van der Waals surface area contributed by atoms with Crippen molar-refractivity contribution in [3.8, 4) is 0 Å². The molecule has 0 amide bonds. The molecule has 0 aromatic carbocycles. The van der Waals surface area contributed by atoms with Crippen LogP contribution < -0.4 is 0 Å². The lowest BCUT2D eigenvalue weighted by molar-refractivity contribution is -0.220. The molecule has 0 aromatic rings. The van der Waals surface area contributed by atoms with E-state index < -0.39 is 75.7 Å². The van der Waals surface area contributed by atoms with Gasteiger partial charge >= 0.3 is 19.8 Å². The van der Waals surface area contributed by atoms with Gasteiger partial charge in [0, 0.05) is 12.5 Å². The number of carbonyl (C=O) groups is 2. The van der Waals surface area contributed by atoms with Crippen molar-refractivity contribution in [3.63, 3.8) is 0 Å². The van der Waals surface area contributed by atoms with Crippen LogP contribution in [-0.2, 0) is 32.7 Å². The summed E-state index contributed by atoms with van der Waals surface area (Å²) in [6, 6.07) is 0. The fourth-order valence-electron chi connectivity index (χ4n) is 7.13. The van der Waals surface area contributed by atoms with Crippen LogP contribution in [0.5, 0.6) is 0 Å². The first-order valence-electron chi connectivity index (χ1n) is 24.8. The predicted molar refractivity (Wildman–Crippen MR) is 258 cm³/mol. The number of aliphatic hydroxyl groups is 5. The second kappa shape index (κ2) is 40.4. The maximum Gasteiger partial charge on any atom is 0.472 e. The van der Waals surface area contributed by atoms with Crippen molar-refractivity contribution in [3.05, 3.63) is 72.9 Å². The molecule has 1 fully saturated rings. The van der Waals surface area contributed by atoms with E-state index in [1.807, 2.05) is 18.2 Å². The van der Waals surface area contributed by atoms with Gasteiger partial charge in [0.25, 0.3) is 0 Å². The Balaban J connectivity index is 2.51. The van der Waals surface area contributed by atoms with E-state index in [2.05, 4.69) is 50.3 Å². The highest BCUT2D eigenvalue weighted by Gasteiger charge is 2.51. The molecule has 1 aliphatic carbocycles. The Bertz CT molecular complexity index is 1410. The van der Waals surface area contributed by atoms with Crippen LogP contribution in [0.4, 0.5) is 0 Å². The topological polar surface area (TPSA) is 210 Å². The number of carbonyl (C=O) groups excluding carboxylic acids is 2. The predicted octanol–water partition coefficient (Wildman–Crippen LogP) is 10.3. The van der Waals surface area contributed by atoms with Gasteiger partial charge in [-0.3, -0.25) is 13.8 Å². The summed E-state index contributed by atoms with van der Waals surface area (Å²) in [7, 11) is -5.16. The molecule has 8 atom stereocenters. The highest BCUT2D eigenvalue weighted by molar-refractivity contribution is 7.47. The van der Waals surface area contributed by atoms with Gasteiger partial charge in [-0.15, -0.1) is 0 Å². The number of allylic oxidation sites excluding steroid dienone is 11. The third-order valence-electron chi connectivity index (χ3n) is 11.1. The summed E-state index contributed by atoms with van der Waals surface area (Å²) >= 11 is 0. The number of ether oxygens (including phenoxy) is 2. The van der Waals surface area contributed by atoms with Crippen LogP contribution in [-0.4, -0.2) is 98.3 Å². The molecule has 14 heteroatoms. The third-order valence-corrected chi connectivity index (χ3v) is 12.1. The molecule has 6 unspecified atom stereocenters. The molecule has 0 aliphatic heterocycles. The molecule has 65 heavy (non-hydrogen) atoms. The van der Waals surface area contributed by atoms with Crippen LogP contribution in [0.3, 0.4) is 0 Å². The highest BCUT2D eigenvalue weighted by atomic mass is 31.2. The van der Waals surface area contributed by atoms with Gasteiger partial charge < -0.3 is 39.9 Å². The molecule has 1 rings (SSSR count). The largest absolute Gasteiger partial charge is 0.472 e. The van der Waals surface area contributed by atoms with Crippen molar-refractivity contribution < 1.29 is 63.1 Å². The molecule has 13 nitrogen and oxygen atoms in total. The SMILES string of the molecule is CCCCCCCCC/C=C/C/C=C/C/C=C/C/C=C/CCCC(=O)OC[C@@H](COP(=O)(O)OC1C(O)C(O)C(O)[C@H](O)C1O)OC(=O)/C=C/C=C/CCCCCCCCCCCCC. The molecule has 374 valence electrons. The Morgan fingerprint density at radius 3 is 1.43 bits per heavy atom. The molecule has 1 saturated carbocycles. The second-order valence-electron chi connectivity index (χ2n) is 17.0. The van der Waals surface area contributed by atoms with E-state index in [9.17, 15) is 44.6 Å². The number of esters is 2. The molecule has 0 radical (unpaired) electrons. The van der Waals surface area contributed by atoms with Crippen LogP contribution in [0, 0.1) is 0 Å². The van der Waals surface area contributed by atoms with Crippen LogP contribution in [0.2, 0.25) is 0 Å². The minimum atomic E-state index is -5.16. The maximum absolute atomic E-state index is 12.8. The minimum absolute atomic E-state index is 0.0688. The third kappa shape index (κ3) is 32.6. The quantitative estimate of drug-likeness (QED) is 0.00845. The summed E-state index contributed by atoms with van der Waals surface area (Å²) in [5, 5.41) is 50.2. The lowest BCUT2D eigenvalue weighted by Gasteiger charge is -2.41. The minimum Gasteiger partial charge on any atom is -0.462 e. The monoisotopic (exact) mass is 939 g/mol. The molecule has 0 spiro atoms. The van der Waals surface area contributed by atoms with Crippen molar-refractivity contribution in [2.45, 2.75) is 224 Å². The molecule has 0 aromatic heterocycles. The first-order valence-corrected chi connectivity index (χ1v) is 26.3. The van der Waals surface area contributed by atoms with Gasteiger partial charge in [-0.25, -0.2) is 9.36 Å². The number of rotatable bonds is 40. The van der Waals surface area contributed by atoms with E-state index in [0.717, 1.165) is 51.0 Å². The Morgan fingerprint density at radius 1 is 0.523 bits per heavy atom. The smallest absolute Gasteiger partial charge is 0.462 e. The zero-order valence-electron chi connectivity index (χ0n) is 39.8. The first kappa shape index (κ1) is 60.3. The fourth-order valence-corrected chi connectivity index (χ4v) is 8.10. The number of unbranched alkanes of at least 4 members (excludes halogenated alkanes) is 19. The number of hydrogen-bond donors (Lipinski definition) is 6. The summed E-state index contributed by atoms with van der Waals surface area (Å²) in [4.78, 5) is 35.6. The molecule has 1 aliphatic rings. The van der Waals surface area contributed by atoms with Crippen molar-refractivity contribution >= 4 is 19.8 Å². The standard InChI is InChI=1S/C51H87O13P/c1-3-5-7-9-11-13-15-17-19-20-21-22-23-24-26-27-29-31-33-35-37-39-44(52)61-41-43(42-62-65(59,60)64-51-49(57)47(55)46(54)48(56)50(51)58)63-45(53)40-38-36-34-32-30-28-25-18-16-14-12-10-8-6-4-2/h19-20,22-23,26-27,31,33-34,36,38,40,43,46-51,54-58H,3-18,21,24-25,28-30,32,35,37,39,41-42H2,1-2H3,(H,59,60)/b20-19+,23-22+,27-26+,33-31+,36-34+,40-38+/t43-,46?,47-,48?,49?,50?,51?/m0/s1. The highest BCUT2D eigenvalue weighted by Crippen LogP contribution is 2.47. The molecular formula is C51H87O13P. The van der Waals surface area contributed by atoms with E-state index in [0.29, 0.717) is 12.8 Å². The van der Waals surface area contributed by atoms with Crippen LogP contribution in [0.15, 0.2) is 72.9 Å². The summed E-state index contributed by atoms with van der Waals surface area (Å²) in [5.41, 5.74) is 0. The second-order valence-corrected chi connectivity index (χ2v) is 18.4. The zero-order valence-corrected chi connectivity index (χ0v) is 40.7. The van der Waals surface area contributed by atoms with Crippen LogP contribution in [0.1, 0.15) is 181 Å². The fraction of sp³-hybridized carbons (Fsp3) is 0.725. The van der Waals surface area contributed by atoms with E-state index in [-0.39, 0.29) is 6.42 Å². The van der Waals surface area contributed by atoms with Gasteiger partial charge in [0.2, 0.25) is 0 Å². The van der Waals surface area contributed by atoms with E-state index in [1.165, 1.54) is 109 Å². The van der Waals surface area contributed by atoms with Crippen molar-refractivity contribution in [1.29, 1.82) is 0 Å². The Morgan fingerprint density at radius 2 is 0.938 bits per heavy atom. The Kier molecular flexibility index (Phi) is 37.5. The first-order chi connectivity index (χ1) is 31.4. The van der Waals surface area contributed by atoms with Crippen molar-refractivity contribution in [1.82, 2.24) is 0 Å². The van der Waals surface area contributed by atoms with Crippen molar-refractivity contribution in [2.75, 3.05) is 13.2 Å². The van der Waals surface area contributed by atoms with E-state index in [4.69, 9.17) is 18.5 Å². The average molecular weight is 939 g/mol. The number of aliphatic hydroxyl groups excluding tert-OH is 5. The molecule has 0 heterocycles. The van der Waals surface area contributed by atoms with Gasteiger partial charge in [0.15, 0.2) is 6.10 Å². The van der Waals surface area contributed by atoms with E-state index >= 15 is 0 Å². The molecule has 6 N–H and O–H groups in total. The summed E-state index contributed by atoms with van der Waals surface area (Å²) in [5.74, 6) is -1.42. The Labute approximate surface area is 391 Å². The lowest BCUT2D eigenvalue weighted by atomic mass is 9.85. The lowest BCUT2D eigenvalue weighted by Crippen LogP contribution is -2.64. The number of phosphoric acid groups is 1. The molecular weight excluding hydrogens is 852 g/mol. The molecule has 0 saturated heterocycles. The van der Waals surface area contributed by atoms with Crippen LogP contribution in [0.25, 0.3) is 0 Å². The molecule has 0 bridgehead atoms. The average Bonchev–Trinajstić information content (AvgIpc) is 3.29. The number of hydrogen-bond acceptors (Lipinski definition) is 12.